The third-order valence-electron chi connectivity index (χ3n) is 2.29. The summed E-state index contributed by atoms with van der Waals surface area (Å²) in [6.45, 7) is 3.77. The molecule has 5 nitrogen and oxygen atoms in total. The van der Waals surface area contributed by atoms with Gasteiger partial charge < -0.3 is 10.2 Å². The smallest absolute Gasteiger partial charge is 0.247 e. The Hall–Kier alpha value is -0.370. The van der Waals surface area contributed by atoms with Gasteiger partial charge in [-0.15, -0.1) is 0 Å². The van der Waals surface area contributed by atoms with Gasteiger partial charge in [0.25, 0.3) is 0 Å². The number of sulfonamides is 1. The standard InChI is InChI=1S/C9H15BrN2O3S/c1-6(2)12(3)16(13,14)8-4-7(5-11)15-9(8)10/h4,6H,5,11H2,1-3H3. The van der Waals surface area contributed by atoms with Crippen molar-refractivity contribution in [3.05, 3.63) is 16.5 Å². The monoisotopic (exact) mass is 310 g/mol. The predicted molar refractivity (Wildman–Crippen MR) is 64.4 cm³/mol. The molecule has 1 rings (SSSR count). The Morgan fingerprint density at radius 3 is 2.50 bits per heavy atom. The van der Waals surface area contributed by atoms with Gasteiger partial charge in [-0.25, -0.2) is 8.42 Å². The van der Waals surface area contributed by atoms with Crippen LogP contribution in [0, 0.1) is 0 Å². The molecule has 92 valence electrons. The SMILES string of the molecule is CC(C)N(C)S(=O)(=O)c1cc(CN)oc1Br. The zero-order valence-electron chi connectivity index (χ0n) is 9.40. The molecule has 0 atom stereocenters. The molecule has 1 aromatic heterocycles. The molecule has 0 spiro atoms. The van der Waals surface area contributed by atoms with Crippen molar-refractivity contribution in [2.24, 2.45) is 5.73 Å². The van der Waals surface area contributed by atoms with E-state index in [-0.39, 0.29) is 22.2 Å². The first kappa shape index (κ1) is 13.7. The van der Waals surface area contributed by atoms with E-state index in [2.05, 4.69) is 15.9 Å². The number of nitrogens with zero attached hydrogens (tertiary/aromatic N) is 1. The zero-order valence-corrected chi connectivity index (χ0v) is 11.8. The normalized spacial score (nSPS) is 12.7. The molecule has 2 N–H and O–H groups in total. The minimum absolute atomic E-state index is 0.115. The van der Waals surface area contributed by atoms with Crippen LogP contribution in [0.25, 0.3) is 0 Å². The number of hydrogen-bond acceptors (Lipinski definition) is 4. The van der Waals surface area contributed by atoms with E-state index in [0.717, 1.165) is 0 Å². The van der Waals surface area contributed by atoms with Gasteiger partial charge in [-0.3, -0.25) is 0 Å². The van der Waals surface area contributed by atoms with Crippen molar-refractivity contribution < 1.29 is 12.8 Å². The van der Waals surface area contributed by atoms with E-state index in [1.807, 2.05) is 0 Å². The molecule has 0 unspecified atom stereocenters. The van der Waals surface area contributed by atoms with E-state index in [4.69, 9.17) is 10.2 Å². The third kappa shape index (κ3) is 2.48. The molecular weight excluding hydrogens is 296 g/mol. The minimum atomic E-state index is -3.52. The number of halogens is 1. The van der Waals surface area contributed by atoms with Crippen molar-refractivity contribution in [2.45, 2.75) is 31.3 Å². The molecule has 16 heavy (non-hydrogen) atoms. The third-order valence-corrected chi connectivity index (χ3v) is 5.18. The fraction of sp³-hybridized carbons (Fsp3) is 0.556. The number of furan rings is 1. The second-order valence-corrected chi connectivity index (χ2v) is 6.36. The lowest BCUT2D eigenvalue weighted by Crippen LogP contribution is -2.33. The number of rotatable bonds is 4. The maximum absolute atomic E-state index is 12.1. The average Bonchev–Trinajstić information content (AvgIpc) is 2.58. The quantitative estimate of drug-likeness (QED) is 0.915. The van der Waals surface area contributed by atoms with Crippen LogP contribution in [0.5, 0.6) is 0 Å². The van der Waals surface area contributed by atoms with Gasteiger partial charge in [0.1, 0.15) is 10.7 Å². The molecule has 0 saturated heterocycles. The highest BCUT2D eigenvalue weighted by Gasteiger charge is 2.28. The van der Waals surface area contributed by atoms with Gasteiger partial charge in [0.05, 0.1) is 6.54 Å². The lowest BCUT2D eigenvalue weighted by molar-refractivity contribution is 0.408. The Balaban J connectivity index is 3.22. The molecule has 0 aliphatic heterocycles. The summed E-state index contributed by atoms with van der Waals surface area (Å²) in [5, 5.41) is 0. The number of nitrogens with two attached hydrogens (primary N) is 1. The van der Waals surface area contributed by atoms with Gasteiger partial charge in [-0.05, 0) is 29.8 Å². The van der Waals surface area contributed by atoms with E-state index < -0.39 is 10.0 Å². The van der Waals surface area contributed by atoms with Crippen molar-refractivity contribution in [2.75, 3.05) is 7.05 Å². The van der Waals surface area contributed by atoms with Crippen molar-refractivity contribution in [1.82, 2.24) is 4.31 Å². The Morgan fingerprint density at radius 1 is 1.56 bits per heavy atom. The second kappa shape index (κ2) is 4.87. The fourth-order valence-electron chi connectivity index (χ4n) is 1.11. The van der Waals surface area contributed by atoms with E-state index >= 15 is 0 Å². The summed E-state index contributed by atoms with van der Waals surface area (Å²) >= 11 is 3.08. The summed E-state index contributed by atoms with van der Waals surface area (Å²) in [4.78, 5) is 0.115. The van der Waals surface area contributed by atoms with E-state index in [1.165, 1.54) is 17.4 Å². The summed E-state index contributed by atoms with van der Waals surface area (Å²) < 4.78 is 30.9. The molecule has 0 saturated carbocycles. The molecule has 7 heteroatoms. The van der Waals surface area contributed by atoms with Crippen LogP contribution in [-0.4, -0.2) is 25.8 Å². The van der Waals surface area contributed by atoms with Gasteiger partial charge in [-0.1, -0.05) is 0 Å². The summed E-state index contributed by atoms with van der Waals surface area (Å²) in [5.41, 5.74) is 5.39. The molecule has 0 bridgehead atoms. The van der Waals surface area contributed by atoms with Crippen LogP contribution in [-0.2, 0) is 16.6 Å². The van der Waals surface area contributed by atoms with Crippen LogP contribution in [0.3, 0.4) is 0 Å². The molecule has 0 aromatic carbocycles. The van der Waals surface area contributed by atoms with Crippen LogP contribution < -0.4 is 5.73 Å². The van der Waals surface area contributed by atoms with Crippen LogP contribution in [0.4, 0.5) is 0 Å². The largest absolute Gasteiger partial charge is 0.452 e. The molecule has 1 heterocycles. The molecule has 0 aliphatic carbocycles. The van der Waals surface area contributed by atoms with Gasteiger partial charge in [0.2, 0.25) is 10.0 Å². The molecule has 0 aliphatic rings. The zero-order chi connectivity index (χ0) is 12.5. The Kier molecular flexibility index (Phi) is 4.17. The summed E-state index contributed by atoms with van der Waals surface area (Å²) in [6.07, 6.45) is 0. The van der Waals surface area contributed by atoms with Gasteiger partial charge in [-0.2, -0.15) is 4.31 Å². The van der Waals surface area contributed by atoms with E-state index in [9.17, 15) is 8.42 Å². The highest BCUT2D eigenvalue weighted by molar-refractivity contribution is 9.10. The summed E-state index contributed by atoms with van der Waals surface area (Å²) in [7, 11) is -1.99. The number of hydrogen-bond donors (Lipinski definition) is 1. The highest BCUT2D eigenvalue weighted by Crippen LogP contribution is 2.28. The fourth-order valence-corrected chi connectivity index (χ4v) is 3.43. The Labute approximate surface area is 104 Å². The maximum Gasteiger partial charge on any atom is 0.247 e. The average molecular weight is 311 g/mol. The highest BCUT2D eigenvalue weighted by atomic mass is 79.9. The van der Waals surface area contributed by atoms with Crippen LogP contribution in [0.1, 0.15) is 19.6 Å². The minimum Gasteiger partial charge on any atom is -0.452 e. The van der Waals surface area contributed by atoms with Crippen molar-refractivity contribution in [3.63, 3.8) is 0 Å². The van der Waals surface area contributed by atoms with Gasteiger partial charge in [0, 0.05) is 19.2 Å². The van der Waals surface area contributed by atoms with Crippen molar-refractivity contribution in [1.29, 1.82) is 0 Å². The first-order valence-electron chi connectivity index (χ1n) is 4.77. The topological polar surface area (TPSA) is 76.5 Å². The van der Waals surface area contributed by atoms with Crippen molar-refractivity contribution >= 4 is 26.0 Å². The Bertz CT molecular complexity index is 467. The molecule has 0 amide bonds. The first-order valence-corrected chi connectivity index (χ1v) is 7.00. The first-order chi connectivity index (χ1) is 7.30. The molecule has 0 radical (unpaired) electrons. The van der Waals surface area contributed by atoms with Crippen LogP contribution in [0.2, 0.25) is 0 Å². The van der Waals surface area contributed by atoms with Gasteiger partial charge in [0.15, 0.2) is 4.67 Å². The molecular formula is C9H15BrN2O3S. The molecule has 1 aromatic rings. The lowest BCUT2D eigenvalue weighted by Gasteiger charge is -2.19. The van der Waals surface area contributed by atoms with Crippen LogP contribution >= 0.6 is 15.9 Å². The Morgan fingerprint density at radius 2 is 2.12 bits per heavy atom. The van der Waals surface area contributed by atoms with Crippen LogP contribution in [0.15, 0.2) is 20.0 Å². The van der Waals surface area contributed by atoms with Gasteiger partial charge >= 0.3 is 0 Å². The molecule has 0 fully saturated rings. The van der Waals surface area contributed by atoms with E-state index in [1.54, 1.807) is 13.8 Å². The maximum atomic E-state index is 12.1. The lowest BCUT2D eigenvalue weighted by atomic mass is 10.4. The summed E-state index contributed by atoms with van der Waals surface area (Å²) in [6, 6.07) is 1.33. The second-order valence-electron chi connectivity index (χ2n) is 3.67. The predicted octanol–water partition coefficient (Wildman–Crippen LogP) is 1.53. The van der Waals surface area contributed by atoms with E-state index in [0.29, 0.717) is 5.76 Å². The summed E-state index contributed by atoms with van der Waals surface area (Å²) in [5.74, 6) is 0.433. The van der Waals surface area contributed by atoms with Crippen molar-refractivity contribution in [3.8, 4) is 0 Å².